The van der Waals surface area contributed by atoms with Crippen LogP contribution >= 0.6 is 23.4 Å². The number of hydrogen-bond acceptors (Lipinski definition) is 3. The maximum absolute atomic E-state index is 11.2. The van der Waals surface area contributed by atoms with Crippen molar-refractivity contribution in [3.63, 3.8) is 0 Å². The summed E-state index contributed by atoms with van der Waals surface area (Å²) in [6, 6.07) is 3.42. The molecule has 0 saturated carbocycles. The van der Waals surface area contributed by atoms with Gasteiger partial charge in [-0.15, -0.1) is 0 Å². The SMILES string of the molecule is CN(C)C(=O)Sc1ccc(Cl)nc1. The lowest BCUT2D eigenvalue weighted by atomic mass is 10.5. The molecule has 0 aliphatic rings. The first-order valence-corrected chi connectivity index (χ1v) is 4.80. The molecule has 0 radical (unpaired) electrons. The van der Waals surface area contributed by atoms with Crippen LogP contribution in [-0.2, 0) is 0 Å². The molecule has 5 heteroatoms. The molecular weight excluding hydrogens is 208 g/mol. The Kier molecular flexibility index (Phi) is 3.57. The number of halogens is 1. The zero-order valence-corrected chi connectivity index (χ0v) is 8.89. The summed E-state index contributed by atoms with van der Waals surface area (Å²) in [5.74, 6) is 0. The Bertz CT molecular complexity index is 300. The summed E-state index contributed by atoms with van der Waals surface area (Å²) in [5, 5.41) is 0.408. The van der Waals surface area contributed by atoms with Crippen molar-refractivity contribution in [2.45, 2.75) is 4.90 Å². The van der Waals surface area contributed by atoms with E-state index in [9.17, 15) is 4.79 Å². The molecule has 0 fully saturated rings. The van der Waals surface area contributed by atoms with E-state index in [1.807, 2.05) is 0 Å². The van der Waals surface area contributed by atoms with E-state index in [0.29, 0.717) is 5.15 Å². The molecule has 0 spiro atoms. The van der Waals surface area contributed by atoms with Gasteiger partial charge in [0.05, 0.1) is 0 Å². The van der Waals surface area contributed by atoms with E-state index in [4.69, 9.17) is 11.6 Å². The molecule has 1 aromatic rings. The molecule has 0 atom stereocenters. The second-order valence-corrected chi connectivity index (χ2v) is 3.99. The highest BCUT2D eigenvalue weighted by Crippen LogP contribution is 2.20. The van der Waals surface area contributed by atoms with E-state index in [1.165, 1.54) is 4.90 Å². The third kappa shape index (κ3) is 3.24. The van der Waals surface area contributed by atoms with E-state index >= 15 is 0 Å². The maximum atomic E-state index is 11.2. The minimum atomic E-state index is -0.0240. The molecule has 0 unspecified atom stereocenters. The lowest BCUT2D eigenvalue weighted by molar-refractivity contribution is 0.241. The molecular formula is C8H9ClN2OS. The number of hydrogen-bond donors (Lipinski definition) is 0. The highest BCUT2D eigenvalue weighted by atomic mass is 35.5. The summed E-state index contributed by atoms with van der Waals surface area (Å²) in [4.78, 5) is 17.4. The van der Waals surface area contributed by atoms with E-state index in [2.05, 4.69) is 4.98 Å². The minimum absolute atomic E-state index is 0.0240. The lowest BCUT2D eigenvalue weighted by Crippen LogP contribution is -2.15. The molecule has 0 aliphatic carbocycles. The summed E-state index contributed by atoms with van der Waals surface area (Å²) in [5.41, 5.74) is 0. The standard InChI is InChI=1S/C8H9ClN2OS/c1-11(2)8(12)13-6-3-4-7(9)10-5-6/h3-5H,1-2H3. The van der Waals surface area contributed by atoms with Crippen molar-refractivity contribution in [1.29, 1.82) is 0 Å². The van der Waals surface area contributed by atoms with Gasteiger partial charge in [0.2, 0.25) is 0 Å². The largest absolute Gasteiger partial charge is 0.339 e. The molecule has 70 valence electrons. The third-order valence-corrected chi connectivity index (χ3v) is 2.51. The van der Waals surface area contributed by atoms with E-state index in [-0.39, 0.29) is 5.24 Å². The Morgan fingerprint density at radius 3 is 2.69 bits per heavy atom. The number of carbonyl (C=O) groups excluding carboxylic acids is 1. The Hall–Kier alpha value is -0.740. The fraction of sp³-hybridized carbons (Fsp3) is 0.250. The normalized spacial score (nSPS) is 9.77. The smallest absolute Gasteiger partial charge is 0.285 e. The van der Waals surface area contributed by atoms with Crippen LogP contribution in [0.15, 0.2) is 23.2 Å². The molecule has 1 rings (SSSR count). The van der Waals surface area contributed by atoms with Crippen molar-refractivity contribution in [1.82, 2.24) is 9.88 Å². The lowest BCUT2D eigenvalue weighted by Gasteiger charge is -2.08. The van der Waals surface area contributed by atoms with Crippen LogP contribution in [0.2, 0.25) is 5.15 Å². The quantitative estimate of drug-likeness (QED) is 0.534. The summed E-state index contributed by atoms with van der Waals surface area (Å²) in [7, 11) is 3.41. The van der Waals surface area contributed by atoms with Crippen LogP contribution in [0.1, 0.15) is 0 Å². The molecule has 1 amide bonds. The fourth-order valence-electron chi connectivity index (χ4n) is 0.615. The van der Waals surface area contributed by atoms with Crippen LogP contribution in [-0.4, -0.2) is 29.2 Å². The second kappa shape index (κ2) is 4.48. The Balaban J connectivity index is 2.65. The van der Waals surface area contributed by atoms with E-state index in [0.717, 1.165) is 16.7 Å². The monoisotopic (exact) mass is 216 g/mol. The van der Waals surface area contributed by atoms with Crippen molar-refractivity contribution in [3.05, 3.63) is 23.5 Å². The molecule has 0 aromatic carbocycles. The van der Waals surface area contributed by atoms with Crippen molar-refractivity contribution < 1.29 is 4.79 Å². The van der Waals surface area contributed by atoms with Crippen LogP contribution in [0, 0.1) is 0 Å². The zero-order valence-electron chi connectivity index (χ0n) is 7.32. The van der Waals surface area contributed by atoms with Crippen molar-refractivity contribution in [3.8, 4) is 0 Å². The van der Waals surface area contributed by atoms with Gasteiger partial charge in [0.15, 0.2) is 0 Å². The third-order valence-electron chi connectivity index (χ3n) is 1.27. The average Bonchev–Trinajstić information content (AvgIpc) is 2.08. The van der Waals surface area contributed by atoms with Gasteiger partial charge in [-0.1, -0.05) is 11.6 Å². The van der Waals surface area contributed by atoms with Crippen LogP contribution < -0.4 is 0 Å². The molecule has 0 bridgehead atoms. The van der Waals surface area contributed by atoms with Gasteiger partial charge >= 0.3 is 0 Å². The van der Waals surface area contributed by atoms with Gasteiger partial charge < -0.3 is 4.90 Å². The number of thioether (sulfide) groups is 1. The molecule has 0 N–H and O–H groups in total. The Morgan fingerprint density at radius 2 is 2.23 bits per heavy atom. The van der Waals surface area contributed by atoms with Crippen LogP contribution in [0.3, 0.4) is 0 Å². The molecule has 0 saturated heterocycles. The number of nitrogens with zero attached hydrogens (tertiary/aromatic N) is 2. The van der Waals surface area contributed by atoms with E-state index in [1.54, 1.807) is 32.4 Å². The van der Waals surface area contributed by atoms with E-state index < -0.39 is 0 Å². The summed E-state index contributed by atoms with van der Waals surface area (Å²) in [6.45, 7) is 0. The zero-order chi connectivity index (χ0) is 9.84. The van der Waals surface area contributed by atoms with Gasteiger partial charge in [0, 0.05) is 25.2 Å². The summed E-state index contributed by atoms with van der Waals surface area (Å²) >= 11 is 6.72. The molecule has 3 nitrogen and oxygen atoms in total. The van der Waals surface area contributed by atoms with Crippen LogP contribution in [0.25, 0.3) is 0 Å². The van der Waals surface area contributed by atoms with Gasteiger partial charge in [-0.3, -0.25) is 4.79 Å². The molecule has 0 aliphatic heterocycles. The first kappa shape index (κ1) is 10.3. The van der Waals surface area contributed by atoms with Crippen LogP contribution in [0.5, 0.6) is 0 Å². The number of pyridine rings is 1. The number of aromatic nitrogens is 1. The van der Waals surface area contributed by atoms with Crippen molar-refractivity contribution in [2.24, 2.45) is 0 Å². The average molecular weight is 217 g/mol. The van der Waals surface area contributed by atoms with Gasteiger partial charge in [-0.2, -0.15) is 0 Å². The van der Waals surface area contributed by atoms with Crippen molar-refractivity contribution in [2.75, 3.05) is 14.1 Å². The maximum Gasteiger partial charge on any atom is 0.285 e. The number of carbonyl (C=O) groups is 1. The molecule has 1 aromatic heterocycles. The molecule has 1 heterocycles. The number of amides is 1. The minimum Gasteiger partial charge on any atom is -0.339 e. The second-order valence-electron chi connectivity index (χ2n) is 2.58. The summed E-state index contributed by atoms with van der Waals surface area (Å²) in [6.07, 6.45) is 1.58. The first-order valence-electron chi connectivity index (χ1n) is 3.60. The van der Waals surface area contributed by atoms with Gasteiger partial charge in [-0.25, -0.2) is 4.98 Å². The Morgan fingerprint density at radius 1 is 1.54 bits per heavy atom. The fourth-order valence-corrected chi connectivity index (χ4v) is 1.35. The van der Waals surface area contributed by atoms with Gasteiger partial charge in [0.25, 0.3) is 5.24 Å². The molecule has 13 heavy (non-hydrogen) atoms. The first-order chi connectivity index (χ1) is 6.09. The predicted molar refractivity (Wildman–Crippen MR) is 54.2 cm³/mol. The highest BCUT2D eigenvalue weighted by molar-refractivity contribution is 8.13. The van der Waals surface area contributed by atoms with Gasteiger partial charge in [-0.05, 0) is 23.9 Å². The van der Waals surface area contributed by atoms with Crippen LogP contribution in [0.4, 0.5) is 4.79 Å². The topological polar surface area (TPSA) is 33.2 Å². The highest BCUT2D eigenvalue weighted by Gasteiger charge is 2.06. The Labute approximate surface area is 86.1 Å². The summed E-state index contributed by atoms with van der Waals surface area (Å²) < 4.78 is 0. The van der Waals surface area contributed by atoms with Gasteiger partial charge in [0.1, 0.15) is 5.15 Å². The van der Waals surface area contributed by atoms with Crippen molar-refractivity contribution >= 4 is 28.6 Å². The number of rotatable bonds is 1. The predicted octanol–water partition coefficient (Wildman–Crippen LogP) is 2.51.